The van der Waals surface area contributed by atoms with Gasteiger partial charge in [0, 0.05) is 12.6 Å². The van der Waals surface area contributed by atoms with Gasteiger partial charge in [-0.25, -0.2) is 9.59 Å². The van der Waals surface area contributed by atoms with E-state index in [1.165, 1.54) is 4.68 Å². The first-order valence-electron chi connectivity index (χ1n) is 7.62. The number of hydrogen-bond donors (Lipinski definition) is 2. The Morgan fingerprint density at radius 3 is 2.42 bits per heavy atom. The molecule has 0 spiro atoms. The van der Waals surface area contributed by atoms with Gasteiger partial charge in [-0.1, -0.05) is 25.4 Å². The highest BCUT2D eigenvalue weighted by molar-refractivity contribution is 6.32. The average molecular weight is 359 g/mol. The van der Waals surface area contributed by atoms with E-state index in [4.69, 9.17) is 16.3 Å². The van der Waals surface area contributed by atoms with E-state index in [1.54, 1.807) is 20.8 Å². The Morgan fingerprint density at radius 1 is 1.25 bits per heavy atom. The van der Waals surface area contributed by atoms with Gasteiger partial charge in [-0.3, -0.25) is 14.8 Å². The Labute approximate surface area is 145 Å². The molecule has 0 aliphatic rings. The van der Waals surface area contributed by atoms with Gasteiger partial charge in [0.2, 0.25) is 0 Å². The molecule has 3 amide bonds. The SMILES string of the molecule is Cc1nn(CC(C)C)c(Cl)c1C(=O)OCC(=O)NC(=O)NC(C)C. The molecule has 1 aromatic rings. The maximum absolute atomic E-state index is 12.1. The molecule has 0 atom stereocenters. The molecule has 9 heteroatoms. The van der Waals surface area contributed by atoms with Crippen LogP contribution < -0.4 is 10.6 Å². The van der Waals surface area contributed by atoms with E-state index < -0.39 is 24.5 Å². The van der Waals surface area contributed by atoms with Gasteiger partial charge < -0.3 is 10.1 Å². The van der Waals surface area contributed by atoms with Gasteiger partial charge in [-0.2, -0.15) is 5.10 Å². The van der Waals surface area contributed by atoms with E-state index >= 15 is 0 Å². The minimum atomic E-state index is -0.757. The molecule has 0 saturated heterocycles. The summed E-state index contributed by atoms with van der Waals surface area (Å²) in [7, 11) is 0. The van der Waals surface area contributed by atoms with Crippen molar-refractivity contribution in [2.24, 2.45) is 5.92 Å². The van der Waals surface area contributed by atoms with Crippen LogP contribution in [0.15, 0.2) is 0 Å². The Hall–Kier alpha value is -2.09. The second-order valence-electron chi connectivity index (χ2n) is 6.08. The summed E-state index contributed by atoms with van der Waals surface area (Å²) in [6.45, 7) is 9.11. The molecule has 0 fully saturated rings. The number of esters is 1. The van der Waals surface area contributed by atoms with E-state index in [-0.39, 0.29) is 16.8 Å². The fourth-order valence-electron chi connectivity index (χ4n) is 1.92. The monoisotopic (exact) mass is 358 g/mol. The first-order valence-corrected chi connectivity index (χ1v) is 8.00. The summed E-state index contributed by atoms with van der Waals surface area (Å²) in [5.41, 5.74) is 0.542. The van der Waals surface area contributed by atoms with Crippen LogP contribution >= 0.6 is 11.6 Å². The number of carbonyl (C=O) groups excluding carboxylic acids is 3. The molecule has 24 heavy (non-hydrogen) atoms. The summed E-state index contributed by atoms with van der Waals surface area (Å²) >= 11 is 6.16. The Morgan fingerprint density at radius 2 is 1.88 bits per heavy atom. The maximum Gasteiger partial charge on any atom is 0.343 e. The molecule has 0 bridgehead atoms. The molecule has 1 heterocycles. The quantitative estimate of drug-likeness (QED) is 0.756. The molecule has 0 unspecified atom stereocenters. The molecular weight excluding hydrogens is 336 g/mol. The van der Waals surface area contributed by atoms with E-state index in [0.29, 0.717) is 18.2 Å². The Bertz CT molecular complexity index is 625. The highest BCUT2D eigenvalue weighted by Crippen LogP contribution is 2.21. The molecule has 0 aromatic carbocycles. The zero-order valence-electron chi connectivity index (χ0n) is 14.5. The van der Waals surface area contributed by atoms with Crippen LogP contribution in [0.25, 0.3) is 0 Å². The smallest absolute Gasteiger partial charge is 0.343 e. The topological polar surface area (TPSA) is 102 Å². The van der Waals surface area contributed by atoms with Crippen LogP contribution in [-0.2, 0) is 16.1 Å². The standard InChI is InChI=1S/C15H23ClN4O4/c1-8(2)6-20-13(16)12(10(5)19-20)14(22)24-7-11(21)18-15(23)17-9(3)4/h8-9H,6-7H2,1-5H3,(H2,17,18,21,23). The summed E-state index contributed by atoms with van der Waals surface area (Å²) in [6.07, 6.45) is 0. The molecule has 8 nitrogen and oxygen atoms in total. The number of aryl methyl sites for hydroxylation is 1. The van der Waals surface area contributed by atoms with Gasteiger partial charge in [-0.05, 0) is 26.7 Å². The number of nitrogens with one attached hydrogen (secondary N) is 2. The van der Waals surface area contributed by atoms with E-state index in [1.807, 2.05) is 13.8 Å². The van der Waals surface area contributed by atoms with Gasteiger partial charge in [0.1, 0.15) is 10.7 Å². The van der Waals surface area contributed by atoms with E-state index in [2.05, 4.69) is 15.7 Å². The number of aromatic nitrogens is 2. The minimum absolute atomic E-state index is 0.117. The van der Waals surface area contributed by atoms with Crippen LogP contribution in [0, 0.1) is 12.8 Å². The van der Waals surface area contributed by atoms with Crippen molar-refractivity contribution in [1.82, 2.24) is 20.4 Å². The van der Waals surface area contributed by atoms with Crippen molar-refractivity contribution in [3.05, 3.63) is 16.4 Å². The number of halogens is 1. The van der Waals surface area contributed by atoms with Crippen LogP contribution in [-0.4, -0.2) is 40.3 Å². The van der Waals surface area contributed by atoms with Crippen molar-refractivity contribution in [3.63, 3.8) is 0 Å². The maximum atomic E-state index is 12.1. The Kier molecular flexibility index (Phi) is 7.21. The van der Waals surface area contributed by atoms with Crippen LogP contribution in [0.5, 0.6) is 0 Å². The summed E-state index contributed by atoms with van der Waals surface area (Å²) in [5, 5.41) is 8.91. The predicted molar refractivity (Wildman–Crippen MR) is 88.9 cm³/mol. The summed E-state index contributed by atoms with van der Waals surface area (Å²) in [5.74, 6) is -1.19. The third kappa shape index (κ3) is 5.84. The summed E-state index contributed by atoms with van der Waals surface area (Å²) < 4.78 is 6.43. The lowest BCUT2D eigenvalue weighted by molar-refractivity contribution is -0.123. The largest absolute Gasteiger partial charge is 0.452 e. The number of urea groups is 1. The highest BCUT2D eigenvalue weighted by Gasteiger charge is 2.23. The molecule has 0 aliphatic heterocycles. The first-order chi connectivity index (χ1) is 11.1. The zero-order valence-corrected chi connectivity index (χ0v) is 15.2. The van der Waals surface area contributed by atoms with E-state index in [0.717, 1.165) is 0 Å². The zero-order chi connectivity index (χ0) is 18.4. The number of amides is 3. The summed E-state index contributed by atoms with van der Waals surface area (Å²) in [4.78, 5) is 35.1. The number of ether oxygens (including phenoxy) is 1. The van der Waals surface area contributed by atoms with Gasteiger partial charge in [-0.15, -0.1) is 0 Å². The van der Waals surface area contributed by atoms with Gasteiger partial charge >= 0.3 is 12.0 Å². The summed E-state index contributed by atoms with van der Waals surface area (Å²) in [6, 6.07) is -0.765. The Balaban J connectivity index is 2.64. The van der Waals surface area contributed by atoms with Crippen LogP contribution in [0.3, 0.4) is 0 Å². The van der Waals surface area contributed by atoms with Gasteiger partial charge in [0.05, 0.1) is 5.69 Å². The van der Waals surface area contributed by atoms with Crippen molar-refractivity contribution in [3.8, 4) is 0 Å². The number of imide groups is 1. The fourth-order valence-corrected chi connectivity index (χ4v) is 2.24. The van der Waals surface area contributed by atoms with E-state index in [9.17, 15) is 14.4 Å². The molecule has 134 valence electrons. The van der Waals surface area contributed by atoms with Crippen molar-refractivity contribution in [1.29, 1.82) is 0 Å². The molecule has 1 aromatic heterocycles. The van der Waals surface area contributed by atoms with Crippen LogP contribution in [0.1, 0.15) is 43.7 Å². The molecule has 0 aliphatic carbocycles. The average Bonchev–Trinajstić information content (AvgIpc) is 2.69. The van der Waals surface area contributed by atoms with Crippen molar-refractivity contribution >= 4 is 29.5 Å². The normalized spacial score (nSPS) is 10.8. The molecule has 2 N–H and O–H groups in total. The van der Waals surface area contributed by atoms with Gasteiger partial charge in [0.25, 0.3) is 5.91 Å². The first kappa shape index (κ1) is 20.0. The fraction of sp³-hybridized carbons (Fsp3) is 0.600. The molecule has 0 saturated carbocycles. The third-order valence-corrected chi connectivity index (χ3v) is 3.20. The molecule has 1 rings (SSSR count). The van der Waals surface area contributed by atoms with Crippen molar-refractivity contribution in [2.45, 2.75) is 47.2 Å². The number of hydrogen-bond acceptors (Lipinski definition) is 5. The molecular formula is C15H23ClN4O4. The lowest BCUT2D eigenvalue weighted by Gasteiger charge is -2.09. The molecule has 0 radical (unpaired) electrons. The van der Waals surface area contributed by atoms with Crippen LogP contribution in [0.2, 0.25) is 5.15 Å². The predicted octanol–water partition coefficient (Wildman–Crippen LogP) is 1.89. The van der Waals surface area contributed by atoms with Crippen molar-refractivity contribution < 1.29 is 19.1 Å². The number of rotatable bonds is 6. The second kappa shape index (κ2) is 8.68. The minimum Gasteiger partial charge on any atom is -0.452 e. The second-order valence-corrected chi connectivity index (χ2v) is 6.44. The number of carbonyl (C=O) groups is 3. The lowest BCUT2D eigenvalue weighted by atomic mass is 10.2. The van der Waals surface area contributed by atoms with Gasteiger partial charge in [0.15, 0.2) is 6.61 Å². The lowest BCUT2D eigenvalue weighted by Crippen LogP contribution is -2.44. The van der Waals surface area contributed by atoms with Crippen LogP contribution in [0.4, 0.5) is 4.79 Å². The number of nitrogens with zero attached hydrogens (tertiary/aromatic N) is 2. The van der Waals surface area contributed by atoms with Crippen molar-refractivity contribution in [2.75, 3.05) is 6.61 Å². The highest BCUT2D eigenvalue weighted by atomic mass is 35.5. The third-order valence-electron chi connectivity index (χ3n) is 2.81.